The maximum atomic E-state index is 13.5. The van der Waals surface area contributed by atoms with Crippen LogP contribution in [0.2, 0.25) is 5.02 Å². The fourth-order valence-corrected chi connectivity index (χ4v) is 2.51. The van der Waals surface area contributed by atoms with Crippen molar-refractivity contribution < 1.29 is 13.6 Å². The summed E-state index contributed by atoms with van der Waals surface area (Å²) < 4.78 is 26.4. The molecule has 1 aromatic carbocycles. The molecule has 0 aromatic heterocycles. The van der Waals surface area contributed by atoms with Crippen molar-refractivity contribution in [3.63, 3.8) is 0 Å². The lowest BCUT2D eigenvalue weighted by molar-refractivity contribution is -0.120. The summed E-state index contributed by atoms with van der Waals surface area (Å²) in [5.41, 5.74) is 5.60. The van der Waals surface area contributed by atoms with Gasteiger partial charge < -0.3 is 11.1 Å². The Bertz CT molecular complexity index is 465. The van der Waals surface area contributed by atoms with Crippen molar-refractivity contribution in [1.82, 2.24) is 0 Å². The Kier molecular flexibility index (Phi) is 4.37. The molecule has 1 saturated carbocycles. The number of carbonyl (C=O) groups excluding carboxylic acids is 1. The van der Waals surface area contributed by atoms with Gasteiger partial charge in [0.05, 0.1) is 10.7 Å². The summed E-state index contributed by atoms with van der Waals surface area (Å²) in [6.45, 7) is 0. The van der Waals surface area contributed by atoms with Crippen molar-refractivity contribution in [2.45, 2.75) is 31.7 Å². The van der Waals surface area contributed by atoms with Crippen molar-refractivity contribution in [3.8, 4) is 0 Å². The van der Waals surface area contributed by atoms with E-state index in [4.69, 9.17) is 17.3 Å². The van der Waals surface area contributed by atoms with Gasteiger partial charge in [-0.1, -0.05) is 11.6 Å². The maximum absolute atomic E-state index is 13.5. The van der Waals surface area contributed by atoms with E-state index in [0.29, 0.717) is 18.9 Å². The van der Waals surface area contributed by atoms with Crippen LogP contribution in [0.5, 0.6) is 0 Å². The smallest absolute Gasteiger partial charge is 0.227 e. The van der Waals surface area contributed by atoms with Crippen molar-refractivity contribution in [3.05, 3.63) is 28.8 Å². The van der Waals surface area contributed by atoms with E-state index in [0.717, 1.165) is 18.9 Å². The predicted octanol–water partition coefficient (Wildman–Crippen LogP) is 3.07. The van der Waals surface area contributed by atoms with E-state index < -0.39 is 11.6 Å². The topological polar surface area (TPSA) is 55.1 Å². The van der Waals surface area contributed by atoms with E-state index in [2.05, 4.69) is 5.32 Å². The molecule has 0 radical (unpaired) electrons. The van der Waals surface area contributed by atoms with Crippen molar-refractivity contribution in [1.29, 1.82) is 0 Å². The number of benzene rings is 1. The molecule has 2 rings (SSSR count). The minimum Gasteiger partial charge on any atom is -0.328 e. The first kappa shape index (κ1) is 14.2. The maximum Gasteiger partial charge on any atom is 0.227 e. The predicted molar refractivity (Wildman–Crippen MR) is 69.9 cm³/mol. The van der Waals surface area contributed by atoms with E-state index in [1.54, 1.807) is 0 Å². The molecule has 3 nitrogen and oxygen atoms in total. The molecule has 0 saturated heterocycles. The second kappa shape index (κ2) is 5.84. The molecule has 0 heterocycles. The Balaban J connectivity index is 2.07. The van der Waals surface area contributed by atoms with Gasteiger partial charge in [-0.3, -0.25) is 4.79 Å². The quantitative estimate of drug-likeness (QED) is 0.879. The van der Waals surface area contributed by atoms with Crippen LogP contribution in [0.4, 0.5) is 14.5 Å². The zero-order valence-corrected chi connectivity index (χ0v) is 11.0. The molecule has 0 unspecified atom stereocenters. The second-order valence-electron chi connectivity index (χ2n) is 4.85. The summed E-state index contributed by atoms with van der Waals surface area (Å²) in [4.78, 5) is 12.0. The van der Waals surface area contributed by atoms with Crippen LogP contribution in [-0.4, -0.2) is 11.9 Å². The lowest BCUT2D eigenvalue weighted by Gasteiger charge is -2.25. The standard InChI is InChI=1S/C13H15ClF2N2O/c14-10-5-8(15)6-11(16)12(10)18-13(19)7-1-3-9(17)4-2-7/h5-7,9H,1-4,17H2,(H,18,19). The van der Waals surface area contributed by atoms with E-state index in [1.807, 2.05) is 0 Å². The van der Waals surface area contributed by atoms with E-state index in [1.165, 1.54) is 0 Å². The van der Waals surface area contributed by atoms with Crippen molar-refractivity contribution >= 4 is 23.2 Å². The highest BCUT2D eigenvalue weighted by molar-refractivity contribution is 6.33. The third-order valence-corrected chi connectivity index (χ3v) is 3.70. The molecule has 104 valence electrons. The molecular weight excluding hydrogens is 274 g/mol. The summed E-state index contributed by atoms with van der Waals surface area (Å²) in [5, 5.41) is 2.30. The Hall–Kier alpha value is -1.20. The molecule has 1 aliphatic carbocycles. The fourth-order valence-electron chi connectivity index (χ4n) is 2.27. The third-order valence-electron chi connectivity index (χ3n) is 3.40. The van der Waals surface area contributed by atoms with Crippen LogP contribution >= 0.6 is 11.6 Å². The van der Waals surface area contributed by atoms with E-state index >= 15 is 0 Å². The Morgan fingerprint density at radius 2 is 1.89 bits per heavy atom. The first-order valence-electron chi connectivity index (χ1n) is 6.18. The highest BCUT2D eigenvalue weighted by atomic mass is 35.5. The summed E-state index contributed by atoms with van der Waals surface area (Å²) in [6, 6.07) is 1.80. The minimum atomic E-state index is -0.870. The molecule has 19 heavy (non-hydrogen) atoms. The van der Waals surface area contributed by atoms with Gasteiger partial charge in [-0.25, -0.2) is 8.78 Å². The SMILES string of the molecule is NC1CCC(C(=O)Nc2c(F)cc(F)cc2Cl)CC1. The van der Waals surface area contributed by atoms with Crippen molar-refractivity contribution in [2.75, 3.05) is 5.32 Å². The molecule has 1 amide bonds. The summed E-state index contributed by atoms with van der Waals surface area (Å²) >= 11 is 5.73. The normalized spacial score (nSPS) is 23.2. The number of amides is 1. The summed E-state index contributed by atoms with van der Waals surface area (Å²) in [5.74, 6) is -2.13. The summed E-state index contributed by atoms with van der Waals surface area (Å²) in [6.07, 6.45) is 2.90. The molecule has 0 spiro atoms. The first-order chi connectivity index (χ1) is 8.97. The molecule has 1 aliphatic rings. The molecule has 6 heteroatoms. The molecule has 3 N–H and O–H groups in total. The van der Waals surface area contributed by atoms with E-state index in [-0.39, 0.29) is 28.6 Å². The monoisotopic (exact) mass is 288 g/mol. The lowest BCUT2D eigenvalue weighted by atomic mass is 9.86. The van der Waals surface area contributed by atoms with Gasteiger partial charge >= 0.3 is 0 Å². The van der Waals surface area contributed by atoms with Gasteiger partial charge in [0.25, 0.3) is 0 Å². The number of hydrogen-bond acceptors (Lipinski definition) is 2. The van der Waals surface area contributed by atoms with Gasteiger partial charge in [0.2, 0.25) is 5.91 Å². The van der Waals surface area contributed by atoms with Crippen LogP contribution in [0.25, 0.3) is 0 Å². The number of nitrogens with two attached hydrogens (primary N) is 1. The molecule has 0 atom stereocenters. The molecule has 1 aromatic rings. The fraction of sp³-hybridized carbons (Fsp3) is 0.462. The Morgan fingerprint density at radius 1 is 1.26 bits per heavy atom. The van der Waals surface area contributed by atoms with Crippen LogP contribution in [-0.2, 0) is 4.79 Å². The zero-order valence-electron chi connectivity index (χ0n) is 10.3. The van der Waals surface area contributed by atoms with E-state index in [9.17, 15) is 13.6 Å². The number of halogens is 3. The van der Waals surface area contributed by atoms with Crippen LogP contribution in [0.15, 0.2) is 12.1 Å². The lowest BCUT2D eigenvalue weighted by Crippen LogP contribution is -2.32. The second-order valence-corrected chi connectivity index (χ2v) is 5.25. The van der Waals surface area contributed by atoms with Gasteiger partial charge in [-0.2, -0.15) is 0 Å². The van der Waals surface area contributed by atoms with Gasteiger partial charge in [-0.15, -0.1) is 0 Å². The average Bonchev–Trinajstić information content (AvgIpc) is 2.34. The van der Waals surface area contributed by atoms with Gasteiger partial charge in [0.15, 0.2) is 5.82 Å². The molecule has 0 aliphatic heterocycles. The number of anilines is 1. The first-order valence-corrected chi connectivity index (χ1v) is 6.56. The average molecular weight is 289 g/mol. The number of nitrogens with one attached hydrogen (secondary N) is 1. The Labute approximate surface area is 115 Å². The number of rotatable bonds is 2. The number of hydrogen-bond donors (Lipinski definition) is 2. The van der Waals surface area contributed by atoms with Crippen LogP contribution in [0.1, 0.15) is 25.7 Å². The largest absolute Gasteiger partial charge is 0.328 e. The molecular formula is C13H15ClF2N2O. The van der Waals surface area contributed by atoms with Gasteiger partial charge in [-0.05, 0) is 31.7 Å². The van der Waals surface area contributed by atoms with Gasteiger partial charge in [0.1, 0.15) is 5.82 Å². The summed E-state index contributed by atoms with van der Waals surface area (Å²) in [7, 11) is 0. The molecule has 1 fully saturated rings. The number of carbonyl (C=O) groups is 1. The highest BCUT2D eigenvalue weighted by Crippen LogP contribution is 2.29. The molecule has 0 bridgehead atoms. The van der Waals surface area contributed by atoms with Crippen LogP contribution in [0.3, 0.4) is 0 Å². The van der Waals surface area contributed by atoms with Crippen LogP contribution < -0.4 is 11.1 Å². The third kappa shape index (κ3) is 3.42. The zero-order chi connectivity index (χ0) is 14.0. The minimum absolute atomic E-state index is 0.134. The van der Waals surface area contributed by atoms with Crippen molar-refractivity contribution in [2.24, 2.45) is 11.7 Å². The Morgan fingerprint density at radius 3 is 2.47 bits per heavy atom. The van der Waals surface area contributed by atoms with Gasteiger partial charge in [0, 0.05) is 18.0 Å². The highest BCUT2D eigenvalue weighted by Gasteiger charge is 2.25. The van der Waals surface area contributed by atoms with Crippen LogP contribution in [0, 0.1) is 17.6 Å².